The molecule has 3 heteroatoms. The molecule has 0 aliphatic rings. The van der Waals surface area contributed by atoms with E-state index < -0.39 is 0 Å². The van der Waals surface area contributed by atoms with E-state index >= 15 is 0 Å². The third kappa shape index (κ3) is 1.82. The molecule has 0 amide bonds. The van der Waals surface area contributed by atoms with Crippen LogP contribution in [0.3, 0.4) is 0 Å². The zero-order valence-electron chi connectivity index (χ0n) is 9.61. The summed E-state index contributed by atoms with van der Waals surface area (Å²) >= 11 is 1.61. The molecule has 0 unspecified atom stereocenters. The molecular formula is C14H10N2S. The molecule has 17 heavy (non-hydrogen) atoms. The van der Waals surface area contributed by atoms with Crippen LogP contribution in [0.1, 0.15) is 12.5 Å². The first-order chi connectivity index (χ1) is 8.21. The van der Waals surface area contributed by atoms with Crippen LogP contribution in [0, 0.1) is 29.6 Å². The summed E-state index contributed by atoms with van der Waals surface area (Å²) in [6, 6.07) is 10.1. The zero-order chi connectivity index (χ0) is 12.4. The van der Waals surface area contributed by atoms with Crippen molar-refractivity contribution >= 4 is 33.1 Å². The number of hydrogen-bond donors (Lipinski definition) is 0. The van der Waals surface area contributed by atoms with Gasteiger partial charge in [0, 0.05) is 19.8 Å². The molecule has 0 N–H and O–H groups in total. The van der Waals surface area contributed by atoms with Gasteiger partial charge in [-0.1, -0.05) is 17.7 Å². The van der Waals surface area contributed by atoms with E-state index in [4.69, 9.17) is 10.5 Å². The molecule has 0 saturated heterocycles. The van der Waals surface area contributed by atoms with Crippen LogP contribution in [0.15, 0.2) is 18.2 Å². The van der Waals surface area contributed by atoms with E-state index in [0.29, 0.717) is 0 Å². The van der Waals surface area contributed by atoms with Crippen LogP contribution < -0.4 is 9.75 Å². The van der Waals surface area contributed by atoms with Gasteiger partial charge in [0.15, 0.2) is 0 Å². The Hall–Kier alpha value is -2.10. The van der Waals surface area contributed by atoms with Gasteiger partial charge in [0.1, 0.15) is 17.7 Å². The fourth-order valence-corrected chi connectivity index (χ4v) is 2.90. The predicted octanol–water partition coefficient (Wildman–Crippen LogP) is 2.21. The van der Waals surface area contributed by atoms with Crippen molar-refractivity contribution in [2.24, 2.45) is 0 Å². The van der Waals surface area contributed by atoms with E-state index in [1.165, 1.54) is 0 Å². The molecule has 0 aliphatic carbocycles. The molecule has 0 spiro atoms. The Kier molecular flexibility index (Phi) is 2.95. The van der Waals surface area contributed by atoms with Gasteiger partial charge >= 0.3 is 0 Å². The Morgan fingerprint density at radius 2 is 2.00 bits per heavy atom. The summed E-state index contributed by atoms with van der Waals surface area (Å²) in [4.78, 5) is 0. The van der Waals surface area contributed by atoms with E-state index in [1.54, 1.807) is 11.3 Å². The molecular weight excluding hydrogens is 228 g/mol. The third-order valence-corrected chi connectivity index (χ3v) is 3.84. The van der Waals surface area contributed by atoms with Crippen LogP contribution in [0.2, 0.25) is 0 Å². The highest BCUT2D eigenvalue weighted by Crippen LogP contribution is 2.15. The largest absolute Gasteiger partial charge is 0.192 e. The number of nitrogens with zero attached hydrogens (tertiary/aromatic N) is 2. The second-order valence-electron chi connectivity index (χ2n) is 3.73. The Morgan fingerprint density at radius 3 is 2.59 bits per heavy atom. The average Bonchev–Trinajstić information content (AvgIpc) is 2.69. The molecule has 2 nitrogen and oxygen atoms in total. The maximum Gasteiger partial charge on any atom is 0.138 e. The summed E-state index contributed by atoms with van der Waals surface area (Å²) in [5.74, 6) is 0. The fourth-order valence-electron chi connectivity index (χ4n) is 1.83. The van der Waals surface area contributed by atoms with Crippen molar-refractivity contribution in [1.82, 2.24) is 0 Å². The van der Waals surface area contributed by atoms with Gasteiger partial charge in [0.25, 0.3) is 0 Å². The van der Waals surface area contributed by atoms with Crippen molar-refractivity contribution in [3.63, 3.8) is 0 Å². The highest BCUT2D eigenvalue weighted by Gasteiger charge is 2.05. The second-order valence-corrected chi connectivity index (χ2v) is 4.81. The molecule has 2 rings (SSSR count). The zero-order valence-corrected chi connectivity index (χ0v) is 10.4. The highest BCUT2D eigenvalue weighted by molar-refractivity contribution is 7.17. The first-order valence-electron chi connectivity index (χ1n) is 5.21. The lowest BCUT2D eigenvalue weighted by Gasteiger charge is -1.92. The molecule has 0 radical (unpaired) electrons. The summed E-state index contributed by atoms with van der Waals surface area (Å²) < 4.78 is 2.10. The van der Waals surface area contributed by atoms with Crippen LogP contribution >= 0.6 is 11.3 Å². The Labute approximate surface area is 103 Å². The molecule has 2 aromatic rings. The van der Waals surface area contributed by atoms with Gasteiger partial charge in [-0.15, -0.1) is 11.3 Å². The van der Waals surface area contributed by atoms with Gasteiger partial charge in [-0.25, -0.2) is 0 Å². The lowest BCUT2D eigenvalue weighted by Crippen LogP contribution is -2.20. The van der Waals surface area contributed by atoms with Crippen LogP contribution in [0.25, 0.3) is 21.7 Å². The van der Waals surface area contributed by atoms with E-state index in [2.05, 4.69) is 0 Å². The summed E-state index contributed by atoms with van der Waals surface area (Å²) in [7, 11) is 0. The smallest absolute Gasteiger partial charge is 0.138 e. The summed E-state index contributed by atoms with van der Waals surface area (Å²) in [5, 5.41) is 19.8. The molecule has 0 atom stereocenters. The van der Waals surface area contributed by atoms with Crippen molar-refractivity contribution in [1.29, 1.82) is 10.5 Å². The summed E-state index contributed by atoms with van der Waals surface area (Å²) in [5.41, 5.74) is 1.32. The van der Waals surface area contributed by atoms with Gasteiger partial charge in [-0.3, -0.25) is 0 Å². The molecule has 0 bridgehead atoms. The van der Waals surface area contributed by atoms with E-state index in [0.717, 1.165) is 25.4 Å². The number of fused-ring (bicyclic) bond motifs is 1. The SMILES string of the molecule is CC=c1sc2ccc(C)cc2c1=C(C#N)C#N. The minimum atomic E-state index is 0.190. The van der Waals surface area contributed by atoms with Crippen molar-refractivity contribution in [3.8, 4) is 12.1 Å². The lowest BCUT2D eigenvalue weighted by molar-refractivity contribution is 1.49. The summed E-state index contributed by atoms with van der Waals surface area (Å²) in [6.07, 6.45) is 1.95. The maximum absolute atomic E-state index is 9.03. The number of hydrogen-bond acceptors (Lipinski definition) is 3. The van der Waals surface area contributed by atoms with Gasteiger partial charge < -0.3 is 0 Å². The minimum Gasteiger partial charge on any atom is -0.192 e. The van der Waals surface area contributed by atoms with Crippen LogP contribution in [-0.4, -0.2) is 0 Å². The molecule has 82 valence electrons. The number of benzene rings is 1. The Balaban J connectivity index is 3.17. The monoisotopic (exact) mass is 238 g/mol. The molecule has 0 fully saturated rings. The van der Waals surface area contributed by atoms with Crippen molar-refractivity contribution in [2.75, 3.05) is 0 Å². The molecule has 1 heterocycles. The third-order valence-electron chi connectivity index (χ3n) is 2.61. The van der Waals surface area contributed by atoms with E-state index in [1.807, 2.05) is 50.3 Å². The maximum atomic E-state index is 9.03. The standard InChI is InChI=1S/C14H10N2S/c1-3-12-14(10(7-15)8-16)11-6-9(2)4-5-13(11)17-12/h3-6H,1-2H3. The van der Waals surface area contributed by atoms with Crippen molar-refractivity contribution in [2.45, 2.75) is 13.8 Å². The van der Waals surface area contributed by atoms with Gasteiger partial charge in [0.2, 0.25) is 0 Å². The fraction of sp³-hybridized carbons (Fsp3) is 0.143. The van der Waals surface area contributed by atoms with Gasteiger partial charge in [0.05, 0.1) is 0 Å². The van der Waals surface area contributed by atoms with Gasteiger partial charge in [-0.2, -0.15) is 10.5 Å². The Bertz CT molecular complexity index is 766. The molecule has 0 saturated carbocycles. The number of nitriles is 2. The molecule has 1 aromatic carbocycles. The van der Waals surface area contributed by atoms with Crippen LogP contribution in [0.4, 0.5) is 0 Å². The quantitative estimate of drug-likeness (QED) is 0.706. The lowest BCUT2D eigenvalue weighted by atomic mass is 10.1. The number of rotatable bonds is 0. The summed E-state index contributed by atoms with van der Waals surface area (Å²) in [6.45, 7) is 3.93. The van der Waals surface area contributed by atoms with Crippen molar-refractivity contribution in [3.05, 3.63) is 33.5 Å². The highest BCUT2D eigenvalue weighted by atomic mass is 32.1. The Morgan fingerprint density at radius 1 is 1.29 bits per heavy atom. The second kappa shape index (κ2) is 4.41. The predicted molar refractivity (Wildman–Crippen MR) is 70.6 cm³/mol. The van der Waals surface area contributed by atoms with Crippen molar-refractivity contribution < 1.29 is 0 Å². The van der Waals surface area contributed by atoms with Crippen LogP contribution in [0.5, 0.6) is 0 Å². The van der Waals surface area contributed by atoms with Crippen LogP contribution in [-0.2, 0) is 0 Å². The normalized spacial score (nSPS) is 11.2. The minimum absolute atomic E-state index is 0.190. The molecule has 1 aromatic heterocycles. The average molecular weight is 238 g/mol. The van der Waals surface area contributed by atoms with Gasteiger partial charge in [-0.05, 0) is 26.0 Å². The van der Waals surface area contributed by atoms with E-state index in [-0.39, 0.29) is 5.57 Å². The topological polar surface area (TPSA) is 47.6 Å². The molecule has 0 aliphatic heterocycles. The number of thiophene rings is 1. The first kappa shape index (κ1) is 11.4. The number of aryl methyl sites for hydroxylation is 1. The van der Waals surface area contributed by atoms with E-state index in [9.17, 15) is 0 Å². The first-order valence-corrected chi connectivity index (χ1v) is 6.03.